The van der Waals surface area contributed by atoms with E-state index in [1.165, 1.54) is 5.56 Å². The van der Waals surface area contributed by atoms with Gasteiger partial charge < -0.3 is 5.32 Å². The molecule has 1 heterocycles. The van der Waals surface area contributed by atoms with Gasteiger partial charge in [-0.05, 0) is 23.8 Å². The van der Waals surface area contributed by atoms with E-state index in [0.29, 0.717) is 0 Å². The summed E-state index contributed by atoms with van der Waals surface area (Å²) in [6.45, 7) is 0. The molecule has 2 rings (SSSR count). The van der Waals surface area contributed by atoms with Crippen molar-refractivity contribution in [3.8, 4) is 0 Å². The molecule has 0 aromatic heterocycles. The highest BCUT2D eigenvalue weighted by molar-refractivity contribution is 9.10. The first kappa shape index (κ1) is 8.51. The Kier molecular flexibility index (Phi) is 2.45. The van der Waals surface area contributed by atoms with Crippen LogP contribution < -0.4 is 5.32 Å². The van der Waals surface area contributed by atoms with Gasteiger partial charge in [-0.25, -0.2) is 0 Å². The molecule has 0 bridgehead atoms. The smallest absolute Gasteiger partial charge is 0.0964 e. The lowest BCUT2D eigenvalue weighted by Crippen LogP contribution is -2.08. The van der Waals surface area contributed by atoms with Crippen LogP contribution in [0.3, 0.4) is 0 Å². The van der Waals surface area contributed by atoms with Crippen molar-refractivity contribution in [2.45, 2.75) is 6.04 Å². The van der Waals surface area contributed by atoms with Gasteiger partial charge in [0.25, 0.3) is 0 Å². The molecule has 2 nitrogen and oxygen atoms in total. The molecule has 1 aromatic carbocycles. The van der Waals surface area contributed by atoms with Crippen molar-refractivity contribution in [1.29, 1.82) is 0 Å². The number of hydrogen-bond donors (Lipinski definition) is 1. The van der Waals surface area contributed by atoms with Gasteiger partial charge in [0.2, 0.25) is 0 Å². The van der Waals surface area contributed by atoms with Gasteiger partial charge in [0, 0.05) is 10.7 Å². The third-order valence-corrected chi connectivity index (χ3v) is 2.42. The molecule has 13 heavy (non-hydrogen) atoms. The zero-order valence-electron chi connectivity index (χ0n) is 6.94. The molecule has 0 unspecified atom stereocenters. The van der Waals surface area contributed by atoms with E-state index in [1.807, 2.05) is 24.4 Å². The Hall–Kier alpha value is -1.09. The lowest BCUT2D eigenvalue weighted by molar-refractivity contribution is 0.884. The fourth-order valence-electron chi connectivity index (χ4n) is 1.22. The maximum absolute atomic E-state index is 4.29. The van der Waals surface area contributed by atoms with E-state index in [4.69, 9.17) is 0 Å². The molecule has 1 atom stereocenters. The van der Waals surface area contributed by atoms with Gasteiger partial charge in [-0.3, -0.25) is 4.99 Å². The predicted molar refractivity (Wildman–Crippen MR) is 57.7 cm³/mol. The molecule has 3 heteroatoms. The van der Waals surface area contributed by atoms with Crippen molar-refractivity contribution in [3.63, 3.8) is 0 Å². The number of aliphatic imine (C=N–C) groups is 1. The molecular formula is C10H9BrN2. The van der Waals surface area contributed by atoms with Crippen molar-refractivity contribution < 1.29 is 0 Å². The first-order valence-corrected chi connectivity index (χ1v) is 4.85. The molecule has 0 amide bonds. The summed E-state index contributed by atoms with van der Waals surface area (Å²) < 4.78 is 1.10. The lowest BCUT2D eigenvalue weighted by atomic mass is 10.1. The van der Waals surface area contributed by atoms with Crippen LogP contribution in [0.4, 0.5) is 0 Å². The topological polar surface area (TPSA) is 24.4 Å². The Morgan fingerprint density at radius 3 is 2.62 bits per heavy atom. The molecule has 1 aliphatic rings. The normalized spacial score (nSPS) is 19.9. The maximum Gasteiger partial charge on any atom is 0.0964 e. The lowest BCUT2D eigenvalue weighted by Gasteiger charge is -2.11. The average molecular weight is 237 g/mol. The van der Waals surface area contributed by atoms with E-state index in [9.17, 15) is 0 Å². The van der Waals surface area contributed by atoms with Crippen LogP contribution in [0.5, 0.6) is 0 Å². The van der Waals surface area contributed by atoms with E-state index < -0.39 is 0 Å². The van der Waals surface area contributed by atoms with Crippen LogP contribution in [0.25, 0.3) is 0 Å². The molecule has 0 spiro atoms. The minimum atomic E-state index is 0.161. The van der Waals surface area contributed by atoms with Gasteiger partial charge in [0.05, 0.1) is 12.4 Å². The Labute approximate surface area is 85.5 Å². The van der Waals surface area contributed by atoms with Crippen LogP contribution in [-0.4, -0.2) is 6.34 Å². The molecule has 1 aliphatic heterocycles. The molecule has 1 aromatic rings. The summed E-state index contributed by atoms with van der Waals surface area (Å²) in [4.78, 5) is 4.29. The second-order valence-corrected chi connectivity index (χ2v) is 3.72. The van der Waals surface area contributed by atoms with Crippen LogP contribution in [0.2, 0.25) is 0 Å². The van der Waals surface area contributed by atoms with Gasteiger partial charge in [-0.2, -0.15) is 0 Å². The molecule has 0 saturated heterocycles. The summed E-state index contributed by atoms with van der Waals surface area (Å²) in [5.41, 5.74) is 1.21. The SMILES string of the molecule is Brc1ccc([C@H]2C=CNC=N2)cc1. The minimum absolute atomic E-state index is 0.161. The van der Waals surface area contributed by atoms with Gasteiger partial charge in [-0.1, -0.05) is 28.1 Å². The zero-order chi connectivity index (χ0) is 9.10. The highest BCUT2D eigenvalue weighted by Gasteiger charge is 2.06. The number of rotatable bonds is 1. The summed E-state index contributed by atoms with van der Waals surface area (Å²) in [5.74, 6) is 0. The van der Waals surface area contributed by atoms with Crippen molar-refractivity contribution in [2.24, 2.45) is 4.99 Å². The van der Waals surface area contributed by atoms with Crippen molar-refractivity contribution in [3.05, 3.63) is 46.6 Å². The first-order valence-electron chi connectivity index (χ1n) is 4.06. The van der Waals surface area contributed by atoms with E-state index in [0.717, 1.165) is 4.47 Å². The van der Waals surface area contributed by atoms with E-state index in [1.54, 1.807) is 6.34 Å². The zero-order valence-corrected chi connectivity index (χ0v) is 8.53. The predicted octanol–water partition coefficient (Wildman–Crippen LogP) is 2.64. The Balaban J connectivity index is 2.25. The molecule has 0 radical (unpaired) electrons. The van der Waals surface area contributed by atoms with Crippen LogP contribution in [-0.2, 0) is 0 Å². The van der Waals surface area contributed by atoms with Gasteiger partial charge in [-0.15, -0.1) is 0 Å². The molecule has 1 N–H and O–H groups in total. The summed E-state index contributed by atoms with van der Waals surface area (Å²) >= 11 is 3.40. The number of halogens is 1. The minimum Gasteiger partial charge on any atom is -0.353 e. The fourth-order valence-corrected chi connectivity index (χ4v) is 1.48. The van der Waals surface area contributed by atoms with Crippen LogP contribution in [0.15, 0.2) is 46.0 Å². The van der Waals surface area contributed by atoms with Crippen molar-refractivity contribution >= 4 is 22.3 Å². The summed E-state index contributed by atoms with van der Waals surface area (Å²) in [7, 11) is 0. The number of nitrogens with one attached hydrogen (secondary N) is 1. The number of benzene rings is 1. The van der Waals surface area contributed by atoms with E-state index in [2.05, 4.69) is 38.4 Å². The van der Waals surface area contributed by atoms with Gasteiger partial charge in [0.15, 0.2) is 0 Å². The monoisotopic (exact) mass is 236 g/mol. The van der Waals surface area contributed by atoms with Gasteiger partial charge >= 0.3 is 0 Å². The molecule has 0 aliphatic carbocycles. The quantitative estimate of drug-likeness (QED) is 0.797. The van der Waals surface area contributed by atoms with Gasteiger partial charge in [0.1, 0.15) is 0 Å². The van der Waals surface area contributed by atoms with E-state index in [-0.39, 0.29) is 6.04 Å². The standard InChI is InChI=1S/C10H9BrN2/c11-9-3-1-8(2-4-9)10-5-6-12-7-13-10/h1-7,10H,(H,12,13)/t10-/m1/s1. The first-order chi connectivity index (χ1) is 6.36. The highest BCUT2D eigenvalue weighted by atomic mass is 79.9. The Morgan fingerprint density at radius 2 is 2.00 bits per heavy atom. The van der Waals surface area contributed by atoms with Crippen LogP contribution in [0.1, 0.15) is 11.6 Å². The largest absolute Gasteiger partial charge is 0.353 e. The summed E-state index contributed by atoms with van der Waals surface area (Å²) in [6.07, 6.45) is 5.65. The Bertz CT molecular complexity index is 328. The number of hydrogen-bond acceptors (Lipinski definition) is 2. The molecular weight excluding hydrogens is 228 g/mol. The van der Waals surface area contributed by atoms with E-state index >= 15 is 0 Å². The average Bonchev–Trinajstić information content (AvgIpc) is 2.20. The molecule has 66 valence electrons. The fraction of sp³-hybridized carbons (Fsp3) is 0.100. The number of nitrogens with zero attached hydrogens (tertiary/aromatic N) is 1. The third kappa shape index (κ3) is 1.98. The van der Waals surface area contributed by atoms with Crippen LogP contribution >= 0.6 is 15.9 Å². The third-order valence-electron chi connectivity index (χ3n) is 1.90. The Morgan fingerprint density at radius 1 is 1.23 bits per heavy atom. The molecule has 0 fully saturated rings. The maximum atomic E-state index is 4.29. The molecule has 0 saturated carbocycles. The second-order valence-electron chi connectivity index (χ2n) is 2.80. The second kappa shape index (κ2) is 3.75. The highest BCUT2D eigenvalue weighted by Crippen LogP contribution is 2.21. The van der Waals surface area contributed by atoms with Crippen molar-refractivity contribution in [1.82, 2.24) is 5.32 Å². The van der Waals surface area contributed by atoms with Crippen molar-refractivity contribution in [2.75, 3.05) is 0 Å². The summed E-state index contributed by atoms with van der Waals surface area (Å²) in [6, 6.07) is 8.36. The summed E-state index contributed by atoms with van der Waals surface area (Å²) in [5, 5.41) is 2.91. The van der Waals surface area contributed by atoms with Crippen LogP contribution in [0, 0.1) is 0 Å².